The summed E-state index contributed by atoms with van der Waals surface area (Å²) in [5, 5.41) is 5.59. The summed E-state index contributed by atoms with van der Waals surface area (Å²) in [6.45, 7) is 0.360. The summed E-state index contributed by atoms with van der Waals surface area (Å²) >= 11 is 1.60. The van der Waals surface area contributed by atoms with Crippen molar-refractivity contribution in [1.82, 2.24) is 10.2 Å². The second-order valence-electron chi connectivity index (χ2n) is 9.28. The van der Waals surface area contributed by atoms with Gasteiger partial charge in [-0.25, -0.2) is 0 Å². The third-order valence-corrected chi connectivity index (χ3v) is 7.52. The molecule has 4 amide bonds. The molecule has 0 saturated carbocycles. The number of nitrogens with one attached hydrogen (secondary N) is 2. The third-order valence-electron chi connectivity index (χ3n) is 6.42. The smallest absolute Gasteiger partial charge is 0.272 e. The standard InChI is InChI=1S/C33H27N3O4S/c37-30(24-12-5-2-6-13-24)35-29(22-23-10-3-1-4-11-23)31(38)34-25-16-18-26(19-17-25)41-21-9-20-36-32(39)27-14-7-8-15-28(27)33(36)40/h1-8,10-19,22H,9,20-21H2,(H,34,38)(H,35,37)/b29-22-. The minimum Gasteiger partial charge on any atom is -0.321 e. The van der Waals surface area contributed by atoms with Crippen LogP contribution in [-0.2, 0) is 4.79 Å². The topological polar surface area (TPSA) is 95.6 Å². The van der Waals surface area contributed by atoms with Crippen molar-refractivity contribution in [3.05, 3.63) is 137 Å². The number of benzene rings is 4. The van der Waals surface area contributed by atoms with E-state index < -0.39 is 5.91 Å². The van der Waals surface area contributed by atoms with Crippen LogP contribution in [0.1, 0.15) is 43.1 Å². The lowest BCUT2D eigenvalue weighted by molar-refractivity contribution is -0.113. The van der Waals surface area contributed by atoms with Gasteiger partial charge in [0.2, 0.25) is 0 Å². The van der Waals surface area contributed by atoms with Gasteiger partial charge in [-0.15, -0.1) is 11.8 Å². The molecule has 7 nitrogen and oxygen atoms in total. The zero-order valence-corrected chi connectivity index (χ0v) is 22.9. The van der Waals surface area contributed by atoms with Crippen molar-refractivity contribution in [2.75, 3.05) is 17.6 Å². The van der Waals surface area contributed by atoms with Crippen LogP contribution in [0.3, 0.4) is 0 Å². The Morgan fingerprint density at radius 2 is 1.32 bits per heavy atom. The number of carbonyl (C=O) groups excluding carboxylic acids is 4. The van der Waals surface area contributed by atoms with Crippen LogP contribution in [-0.4, -0.2) is 40.8 Å². The number of thioether (sulfide) groups is 1. The Hall–Kier alpha value is -4.95. The minimum absolute atomic E-state index is 0.122. The normalized spacial score (nSPS) is 12.7. The first-order valence-corrected chi connectivity index (χ1v) is 14.1. The van der Waals surface area contributed by atoms with Crippen LogP contribution in [0, 0.1) is 0 Å². The molecule has 41 heavy (non-hydrogen) atoms. The van der Waals surface area contributed by atoms with E-state index in [2.05, 4.69) is 10.6 Å². The highest BCUT2D eigenvalue weighted by molar-refractivity contribution is 7.99. The SMILES string of the molecule is O=C(Nc1ccc(SCCCN2C(=O)c3ccccc3C2=O)cc1)/C(=C/c1ccccc1)NC(=O)c1ccccc1. The Morgan fingerprint density at radius 1 is 0.732 bits per heavy atom. The second-order valence-corrected chi connectivity index (χ2v) is 10.4. The zero-order valence-electron chi connectivity index (χ0n) is 22.1. The molecular weight excluding hydrogens is 534 g/mol. The Morgan fingerprint density at radius 3 is 1.95 bits per heavy atom. The van der Waals surface area contributed by atoms with E-state index in [1.807, 2.05) is 48.5 Å². The van der Waals surface area contributed by atoms with Crippen LogP contribution >= 0.6 is 11.8 Å². The summed E-state index contributed by atoms with van der Waals surface area (Å²) in [5.41, 5.74) is 2.85. The van der Waals surface area contributed by atoms with E-state index in [4.69, 9.17) is 0 Å². The average Bonchev–Trinajstić information content (AvgIpc) is 3.25. The van der Waals surface area contributed by atoms with E-state index in [1.54, 1.807) is 78.5 Å². The van der Waals surface area contributed by atoms with Crippen molar-refractivity contribution in [1.29, 1.82) is 0 Å². The van der Waals surface area contributed by atoms with Gasteiger partial charge < -0.3 is 10.6 Å². The first-order valence-electron chi connectivity index (χ1n) is 13.1. The first kappa shape index (κ1) is 27.6. The van der Waals surface area contributed by atoms with E-state index in [9.17, 15) is 19.2 Å². The van der Waals surface area contributed by atoms with E-state index in [0.717, 1.165) is 10.5 Å². The number of nitrogens with zero attached hydrogens (tertiary/aromatic N) is 1. The van der Waals surface area contributed by atoms with E-state index in [-0.39, 0.29) is 23.4 Å². The molecule has 0 bridgehead atoms. The average molecular weight is 562 g/mol. The number of hydrogen-bond donors (Lipinski definition) is 2. The molecule has 2 N–H and O–H groups in total. The van der Waals surface area contributed by atoms with Gasteiger partial charge in [0, 0.05) is 22.7 Å². The highest BCUT2D eigenvalue weighted by atomic mass is 32.2. The molecule has 0 saturated heterocycles. The van der Waals surface area contributed by atoms with Crippen molar-refractivity contribution in [3.63, 3.8) is 0 Å². The molecule has 0 atom stereocenters. The third kappa shape index (κ3) is 6.80. The fraction of sp³-hybridized carbons (Fsp3) is 0.0909. The molecule has 1 aliphatic heterocycles. The Balaban J connectivity index is 1.16. The highest BCUT2D eigenvalue weighted by Gasteiger charge is 2.34. The Kier molecular flexibility index (Phi) is 8.71. The van der Waals surface area contributed by atoms with Crippen LogP contribution in [0.4, 0.5) is 5.69 Å². The highest BCUT2D eigenvalue weighted by Crippen LogP contribution is 2.25. The fourth-order valence-electron chi connectivity index (χ4n) is 4.35. The van der Waals surface area contributed by atoms with Crippen LogP contribution in [0.5, 0.6) is 0 Å². The van der Waals surface area contributed by atoms with Gasteiger partial charge >= 0.3 is 0 Å². The zero-order chi connectivity index (χ0) is 28.6. The number of amides is 4. The largest absolute Gasteiger partial charge is 0.321 e. The van der Waals surface area contributed by atoms with Gasteiger partial charge in [-0.2, -0.15) is 0 Å². The maximum Gasteiger partial charge on any atom is 0.272 e. The van der Waals surface area contributed by atoms with E-state index >= 15 is 0 Å². The molecule has 0 fully saturated rings. The van der Waals surface area contributed by atoms with Crippen LogP contribution in [0.25, 0.3) is 6.08 Å². The molecule has 0 spiro atoms. The molecule has 0 unspecified atom stereocenters. The van der Waals surface area contributed by atoms with Gasteiger partial charge in [-0.1, -0.05) is 60.7 Å². The number of rotatable bonds is 10. The summed E-state index contributed by atoms with van der Waals surface area (Å²) in [6.07, 6.45) is 2.29. The van der Waals surface area contributed by atoms with Gasteiger partial charge in [0.1, 0.15) is 5.70 Å². The lowest BCUT2D eigenvalue weighted by Gasteiger charge is -2.13. The molecule has 1 aliphatic rings. The van der Waals surface area contributed by atoms with E-state index in [0.29, 0.717) is 41.1 Å². The number of carbonyl (C=O) groups is 4. The molecule has 8 heteroatoms. The van der Waals surface area contributed by atoms with Gasteiger partial charge in [0.25, 0.3) is 23.6 Å². The Bertz CT molecular complexity index is 1570. The number of fused-ring (bicyclic) bond motifs is 1. The predicted molar refractivity (Wildman–Crippen MR) is 161 cm³/mol. The molecule has 0 aliphatic carbocycles. The number of imide groups is 1. The minimum atomic E-state index is -0.445. The van der Waals surface area contributed by atoms with Crippen LogP contribution in [0.15, 0.2) is 120 Å². The molecule has 0 aromatic heterocycles. The van der Waals surface area contributed by atoms with Crippen LogP contribution < -0.4 is 10.6 Å². The molecule has 5 rings (SSSR count). The second kappa shape index (κ2) is 12.9. The summed E-state index contributed by atoms with van der Waals surface area (Å²) < 4.78 is 0. The molecule has 1 heterocycles. The maximum atomic E-state index is 13.2. The summed E-state index contributed by atoms with van der Waals surface area (Å²) in [7, 11) is 0. The van der Waals surface area contributed by atoms with Crippen molar-refractivity contribution in [2.24, 2.45) is 0 Å². The van der Waals surface area contributed by atoms with Crippen molar-refractivity contribution >= 4 is 47.2 Å². The predicted octanol–water partition coefficient (Wildman–Crippen LogP) is 5.87. The molecule has 0 radical (unpaired) electrons. The van der Waals surface area contributed by atoms with Crippen LogP contribution in [0.2, 0.25) is 0 Å². The summed E-state index contributed by atoms with van der Waals surface area (Å²) in [5.74, 6) is -0.586. The summed E-state index contributed by atoms with van der Waals surface area (Å²) in [4.78, 5) is 53.3. The Labute approximate surface area is 242 Å². The lowest BCUT2D eigenvalue weighted by atomic mass is 10.1. The molecule has 4 aromatic carbocycles. The van der Waals surface area contributed by atoms with Gasteiger partial charge in [0.15, 0.2) is 0 Å². The monoisotopic (exact) mass is 561 g/mol. The van der Waals surface area contributed by atoms with Gasteiger partial charge in [0.05, 0.1) is 11.1 Å². The number of hydrogen-bond acceptors (Lipinski definition) is 5. The molecular formula is C33H27N3O4S. The van der Waals surface area contributed by atoms with Gasteiger partial charge in [-0.3, -0.25) is 24.1 Å². The first-order chi connectivity index (χ1) is 20.0. The molecule has 4 aromatic rings. The lowest BCUT2D eigenvalue weighted by Crippen LogP contribution is -2.31. The molecule has 204 valence electrons. The van der Waals surface area contributed by atoms with Gasteiger partial charge in [-0.05, 0) is 72.3 Å². The maximum absolute atomic E-state index is 13.2. The van der Waals surface area contributed by atoms with E-state index in [1.165, 1.54) is 4.90 Å². The summed E-state index contributed by atoms with van der Waals surface area (Å²) in [6, 6.07) is 32.3. The number of anilines is 1. The van der Waals surface area contributed by atoms with Crippen molar-refractivity contribution in [3.8, 4) is 0 Å². The fourth-order valence-corrected chi connectivity index (χ4v) is 5.18. The van der Waals surface area contributed by atoms with Crippen molar-refractivity contribution in [2.45, 2.75) is 11.3 Å². The quantitative estimate of drug-likeness (QED) is 0.109. The van der Waals surface area contributed by atoms with Crippen molar-refractivity contribution < 1.29 is 19.2 Å².